The summed E-state index contributed by atoms with van der Waals surface area (Å²) < 4.78 is 5.51. The van der Waals surface area contributed by atoms with Gasteiger partial charge < -0.3 is 4.42 Å². The summed E-state index contributed by atoms with van der Waals surface area (Å²) in [5, 5.41) is 0. The van der Waals surface area contributed by atoms with Gasteiger partial charge in [0.05, 0.1) is 17.6 Å². The second-order valence-corrected chi connectivity index (χ2v) is 10.2. The van der Waals surface area contributed by atoms with E-state index in [2.05, 4.69) is 59.8 Å². The lowest BCUT2D eigenvalue weighted by Crippen LogP contribution is -2.63. The predicted octanol–water partition coefficient (Wildman–Crippen LogP) is 5.25. The highest BCUT2D eigenvalue weighted by Crippen LogP contribution is 2.65. The van der Waals surface area contributed by atoms with E-state index in [0.717, 1.165) is 16.9 Å². The molecule has 3 heteroatoms. The quantitative estimate of drug-likeness (QED) is 0.505. The van der Waals surface area contributed by atoms with E-state index < -0.39 is 5.41 Å². The predicted molar refractivity (Wildman–Crippen MR) is 106 cm³/mol. The second-order valence-electron chi connectivity index (χ2n) is 10.2. The number of hydrogen-bond donors (Lipinski definition) is 0. The zero-order valence-corrected chi connectivity index (χ0v) is 17.0. The molecule has 0 unspecified atom stereocenters. The fourth-order valence-electron chi connectivity index (χ4n) is 5.40. The van der Waals surface area contributed by atoms with Crippen molar-refractivity contribution in [2.75, 3.05) is 0 Å². The zero-order valence-electron chi connectivity index (χ0n) is 17.0. The van der Waals surface area contributed by atoms with Crippen molar-refractivity contribution >= 4 is 17.6 Å². The van der Waals surface area contributed by atoms with Gasteiger partial charge in [0.15, 0.2) is 0 Å². The Bertz CT molecular complexity index is 896. The van der Waals surface area contributed by atoms with Crippen LogP contribution < -0.4 is 0 Å². The van der Waals surface area contributed by atoms with Gasteiger partial charge in [-0.3, -0.25) is 9.59 Å². The van der Waals surface area contributed by atoms with Gasteiger partial charge in [0, 0.05) is 11.8 Å². The van der Waals surface area contributed by atoms with Gasteiger partial charge in [-0.2, -0.15) is 0 Å². The van der Waals surface area contributed by atoms with Gasteiger partial charge in [0.25, 0.3) is 0 Å². The van der Waals surface area contributed by atoms with Crippen LogP contribution in [0, 0.1) is 34.0 Å². The third-order valence-electron chi connectivity index (χ3n) is 6.71. The molecule has 142 valence electrons. The van der Waals surface area contributed by atoms with Crippen LogP contribution in [0.15, 0.2) is 52.2 Å². The molecule has 0 aromatic carbocycles. The van der Waals surface area contributed by atoms with Crippen molar-refractivity contribution in [1.29, 1.82) is 0 Å². The van der Waals surface area contributed by atoms with E-state index in [1.807, 2.05) is 18.2 Å². The third-order valence-corrected chi connectivity index (χ3v) is 6.71. The highest BCUT2D eigenvalue weighted by atomic mass is 16.3. The lowest BCUT2D eigenvalue weighted by molar-refractivity contribution is -0.157. The van der Waals surface area contributed by atoms with E-state index in [4.69, 9.17) is 4.42 Å². The maximum atomic E-state index is 13.3. The van der Waals surface area contributed by atoms with Crippen molar-refractivity contribution in [3.05, 3.63) is 53.5 Å². The summed E-state index contributed by atoms with van der Waals surface area (Å²) in [7, 11) is 0. The summed E-state index contributed by atoms with van der Waals surface area (Å²) in [6.45, 7) is 12.7. The van der Waals surface area contributed by atoms with Crippen molar-refractivity contribution in [1.82, 2.24) is 0 Å². The van der Waals surface area contributed by atoms with Gasteiger partial charge in [-0.05, 0) is 34.6 Å². The maximum absolute atomic E-state index is 13.3. The van der Waals surface area contributed by atoms with Crippen molar-refractivity contribution < 1.29 is 14.0 Å². The lowest BCUT2D eigenvalue weighted by Gasteiger charge is -2.57. The van der Waals surface area contributed by atoms with Crippen LogP contribution in [-0.4, -0.2) is 11.6 Å². The van der Waals surface area contributed by atoms with Crippen LogP contribution in [0.4, 0.5) is 0 Å². The first-order valence-corrected chi connectivity index (χ1v) is 9.73. The van der Waals surface area contributed by atoms with Crippen LogP contribution >= 0.6 is 0 Å². The minimum atomic E-state index is -0.790. The van der Waals surface area contributed by atoms with Crippen LogP contribution in [0.3, 0.4) is 0 Å². The molecule has 0 saturated heterocycles. The molecule has 1 fully saturated rings. The fourth-order valence-corrected chi connectivity index (χ4v) is 5.40. The van der Waals surface area contributed by atoms with Gasteiger partial charge in [-0.25, -0.2) is 0 Å². The van der Waals surface area contributed by atoms with Crippen LogP contribution in [0.5, 0.6) is 0 Å². The Morgan fingerprint density at radius 1 is 1.11 bits per heavy atom. The first-order chi connectivity index (χ1) is 12.5. The summed E-state index contributed by atoms with van der Waals surface area (Å²) in [5.41, 5.74) is 0.888. The molecule has 5 rings (SSSR count). The average molecular weight is 364 g/mol. The van der Waals surface area contributed by atoms with E-state index in [1.54, 1.807) is 6.26 Å². The van der Waals surface area contributed by atoms with E-state index in [0.29, 0.717) is 0 Å². The van der Waals surface area contributed by atoms with E-state index in [1.165, 1.54) is 0 Å². The molecule has 1 aromatic heterocycles. The first kappa shape index (κ1) is 18.2. The molecule has 27 heavy (non-hydrogen) atoms. The summed E-state index contributed by atoms with van der Waals surface area (Å²) in [6.07, 6.45) is 10.1. The molecule has 4 aliphatic rings. The average Bonchev–Trinajstić information content (AvgIpc) is 3.20. The highest BCUT2D eigenvalue weighted by Gasteiger charge is 2.67. The van der Waals surface area contributed by atoms with Crippen molar-refractivity contribution in [3.63, 3.8) is 0 Å². The number of furan rings is 1. The molecule has 0 radical (unpaired) electrons. The van der Waals surface area contributed by atoms with Crippen LogP contribution in [-0.2, 0) is 9.59 Å². The van der Waals surface area contributed by atoms with Gasteiger partial charge in [0.2, 0.25) is 11.6 Å². The monoisotopic (exact) mass is 364 g/mol. The molecule has 0 amide bonds. The highest BCUT2D eigenvalue weighted by molar-refractivity contribution is 6.43. The Morgan fingerprint density at radius 2 is 1.81 bits per heavy atom. The van der Waals surface area contributed by atoms with Crippen LogP contribution in [0.25, 0.3) is 6.08 Å². The van der Waals surface area contributed by atoms with Gasteiger partial charge in [0.1, 0.15) is 5.76 Å². The number of fused-ring (bicyclic) bond motifs is 1. The molecule has 4 atom stereocenters. The smallest absolute Gasteiger partial charge is 0.210 e. The fraction of sp³-hybridized carbons (Fsp3) is 0.500. The van der Waals surface area contributed by atoms with Gasteiger partial charge in [-0.15, -0.1) is 0 Å². The molecule has 0 N–H and O–H groups in total. The van der Waals surface area contributed by atoms with Gasteiger partial charge >= 0.3 is 0 Å². The maximum Gasteiger partial charge on any atom is 0.210 e. The summed E-state index contributed by atoms with van der Waals surface area (Å²) in [4.78, 5) is 26.6. The van der Waals surface area contributed by atoms with Crippen molar-refractivity contribution in [2.24, 2.45) is 34.0 Å². The molecular weight excluding hydrogens is 336 g/mol. The topological polar surface area (TPSA) is 47.3 Å². The third kappa shape index (κ3) is 2.33. The second kappa shape index (κ2) is 5.43. The Kier molecular flexibility index (Phi) is 3.67. The molecule has 4 aliphatic carbocycles. The van der Waals surface area contributed by atoms with E-state index >= 15 is 0 Å². The molecule has 2 bridgehead atoms. The minimum absolute atomic E-state index is 0.00116. The number of allylic oxidation sites excluding steroid dienone is 5. The molecular formula is C24H28O3. The number of rotatable bonds is 1. The molecule has 1 saturated carbocycles. The molecule has 1 heterocycles. The zero-order chi connectivity index (χ0) is 19.8. The standard InChI is InChI=1S/C24H28O3/c1-22(2,3)17-13-24(23(4,5)6)16-10-9-14(12-15-8-7-11-27-15)18(16)19(17)20(25)21(24)26/h7-13,16,18-19H,1-6H3/b14-12-/t16-,18+,19+,24+/m1/s1. The largest absolute Gasteiger partial charge is 0.465 e. The normalized spacial score (nSPS) is 34.4. The number of carbonyl (C=O) groups is 2. The summed E-state index contributed by atoms with van der Waals surface area (Å²) in [6, 6.07) is 3.78. The summed E-state index contributed by atoms with van der Waals surface area (Å²) in [5.74, 6) is -0.00545. The first-order valence-electron chi connectivity index (χ1n) is 9.73. The van der Waals surface area contributed by atoms with Crippen molar-refractivity contribution in [3.8, 4) is 0 Å². The summed E-state index contributed by atoms with van der Waals surface area (Å²) >= 11 is 0. The van der Waals surface area contributed by atoms with Crippen LogP contribution in [0.2, 0.25) is 0 Å². The molecule has 0 aliphatic heterocycles. The molecule has 1 aromatic rings. The number of ketones is 2. The Morgan fingerprint density at radius 3 is 2.37 bits per heavy atom. The molecule has 3 nitrogen and oxygen atoms in total. The number of hydrogen-bond acceptors (Lipinski definition) is 3. The molecule has 0 spiro atoms. The SMILES string of the molecule is CC(C)(C)C1=C[C@@]2(C(C)(C)C)C(=O)C(=O)[C@@H]1[C@H]1/C(=C\c3ccco3)C=C[C@H]12. The number of Topliss-reactive ketones (excluding diaryl/α,β-unsaturated/α-hetero) is 2. The van der Waals surface area contributed by atoms with Crippen molar-refractivity contribution in [2.45, 2.75) is 41.5 Å². The van der Waals surface area contributed by atoms with Crippen LogP contribution in [0.1, 0.15) is 47.3 Å². The van der Waals surface area contributed by atoms with E-state index in [-0.39, 0.29) is 40.2 Å². The Labute approximate surface area is 161 Å². The Hall–Kier alpha value is -2.16. The van der Waals surface area contributed by atoms with E-state index in [9.17, 15) is 9.59 Å². The van der Waals surface area contributed by atoms with Gasteiger partial charge in [-0.1, -0.05) is 65.3 Å². The minimum Gasteiger partial charge on any atom is -0.465 e. The Balaban J connectivity index is 1.96. The lowest BCUT2D eigenvalue weighted by atomic mass is 9.43. The number of carbonyl (C=O) groups excluding carboxylic acids is 2.